The number of rotatable bonds is 5. The van der Waals surface area contributed by atoms with Crippen molar-refractivity contribution in [2.45, 2.75) is 6.61 Å². The fourth-order valence-corrected chi connectivity index (χ4v) is 2.42. The van der Waals surface area contributed by atoms with E-state index in [4.69, 9.17) is 21.2 Å². The Bertz CT molecular complexity index is 784. The molecule has 0 fully saturated rings. The molecule has 122 valence electrons. The molecule has 0 spiro atoms. The molecular weight excluding hydrogens is 326 g/mol. The molecule has 3 rings (SSSR count). The number of benzene rings is 2. The molecule has 1 aliphatic rings. The van der Waals surface area contributed by atoms with Crippen LogP contribution in [0.5, 0.6) is 5.75 Å². The van der Waals surface area contributed by atoms with Crippen molar-refractivity contribution >= 4 is 23.6 Å². The molecule has 1 amide bonds. The topological polar surface area (TPSA) is 47.6 Å². The molecule has 0 radical (unpaired) electrons. The Balaban J connectivity index is 1.53. The molecule has 24 heavy (non-hydrogen) atoms. The molecule has 0 aliphatic carbocycles. The molecule has 0 atom stereocenters. The van der Waals surface area contributed by atoms with Gasteiger partial charge >= 0.3 is 0 Å². The summed E-state index contributed by atoms with van der Waals surface area (Å²) >= 11 is 5.98. The predicted molar refractivity (Wildman–Crippen MR) is 93.4 cm³/mol. The van der Waals surface area contributed by atoms with Crippen molar-refractivity contribution in [3.8, 4) is 5.75 Å². The maximum Gasteiger partial charge on any atom is 0.267 e. The largest absolute Gasteiger partial charge is 0.488 e. The maximum atomic E-state index is 11.8. The summed E-state index contributed by atoms with van der Waals surface area (Å²) in [5.74, 6) is 0.455. The molecule has 0 unspecified atom stereocenters. The third kappa shape index (κ3) is 4.47. The minimum absolute atomic E-state index is 0.318. The second kappa shape index (κ2) is 7.81. The molecule has 0 saturated heterocycles. The molecule has 1 N–H and O–H groups in total. The van der Waals surface area contributed by atoms with Crippen LogP contribution in [0.4, 0.5) is 0 Å². The monoisotopic (exact) mass is 341 g/mol. The summed E-state index contributed by atoms with van der Waals surface area (Å²) < 4.78 is 5.62. The van der Waals surface area contributed by atoms with Crippen LogP contribution in [0.15, 0.2) is 66.3 Å². The van der Waals surface area contributed by atoms with Gasteiger partial charge in [0.05, 0.1) is 6.61 Å². The normalized spacial score (nSPS) is 13.1. The number of hydrogen-bond donors (Lipinski definition) is 1. The Morgan fingerprint density at radius 2 is 2.08 bits per heavy atom. The van der Waals surface area contributed by atoms with Gasteiger partial charge in [0, 0.05) is 16.7 Å². The van der Waals surface area contributed by atoms with E-state index in [1.54, 1.807) is 12.1 Å². The van der Waals surface area contributed by atoms with Crippen LogP contribution in [0.25, 0.3) is 6.08 Å². The number of halogens is 1. The zero-order valence-electron chi connectivity index (χ0n) is 12.9. The number of amides is 1. The summed E-state index contributed by atoms with van der Waals surface area (Å²) in [5, 5.41) is 0.644. The van der Waals surface area contributed by atoms with E-state index in [-0.39, 0.29) is 5.91 Å². The highest BCUT2D eigenvalue weighted by Crippen LogP contribution is 2.29. The van der Waals surface area contributed by atoms with Crippen molar-refractivity contribution in [1.29, 1.82) is 0 Å². The third-order valence-electron chi connectivity index (χ3n) is 3.41. The average Bonchev–Trinajstić information content (AvgIpc) is 2.60. The van der Waals surface area contributed by atoms with E-state index >= 15 is 0 Å². The number of hydroxylamine groups is 1. The first kappa shape index (κ1) is 16.3. The second-order valence-electron chi connectivity index (χ2n) is 5.26. The minimum Gasteiger partial charge on any atom is -0.488 e. The lowest BCUT2D eigenvalue weighted by atomic mass is 10.1. The predicted octanol–water partition coefficient (Wildman–Crippen LogP) is 3.92. The van der Waals surface area contributed by atoms with Crippen molar-refractivity contribution in [2.24, 2.45) is 0 Å². The van der Waals surface area contributed by atoms with Gasteiger partial charge in [0.25, 0.3) is 5.91 Å². The van der Waals surface area contributed by atoms with Gasteiger partial charge in [0.1, 0.15) is 12.4 Å². The first-order valence-electron chi connectivity index (χ1n) is 7.47. The van der Waals surface area contributed by atoms with E-state index in [1.165, 1.54) is 6.08 Å². The lowest BCUT2D eigenvalue weighted by molar-refractivity contribution is -0.129. The zero-order valence-corrected chi connectivity index (χ0v) is 13.6. The Morgan fingerprint density at radius 3 is 2.92 bits per heavy atom. The Kier molecular flexibility index (Phi) is 5.31. The summed E-state index contributed by atoms with van der Waals surface area (Å²) in [6, 6.07) is 15.1. The van der Waals surface area contributed by atoms with Gasteiger partial charge in [-0.15, -0.1) is 0 Å². The van der Waals surface area contributed by atoms with Crippen molar-refractivity contribution in [3.63, 3.8) is 0 Å². The van der Waals surface area contributed by atoms with Crippen LogP contribution in [0.1, 0.15) is 11.1 Å². The van der Waals surface area contributed by atoms with Gasteiger partial charge in [-0.25, -0.2) is 5.48 Å². The van der Waals surface area contributed by atoms with Crippen LogP contribution in [0.2, 0.25) is 5.02 Å². The van der Waals surface area contributed by atoms with Crippen LogP contribution in [0.3, 0.4) is 0 Å². The third-order valence-corrected chi connectivity index (χ3v) is 3.65. The van der Waals surface area contributed by atoms with Crippen molar-refractivity contribution in [1.82, 2.24) is 5.48 Å². The van der Waals surface area contributed by atoms with Gasteiger partial charge in [-0.3, -0.25) is 9.63 Å². The summed E-state index contributed by atoms with van der Waals surface area (Å²) in [6.45, 7) is 0.724. The molecule has 2 aromatic rings. The first-order valence-corrected chi connectivity index (χ1v) is 7.85. The van der Waals surface area contributed by atoms with E-state index in [2.05, 4.69) is 5.48 Å². The highest BCUT2D eigenvalue weighted by molar-refractivity contribution is 6.30. The number of hydrogen-bond acceptors (Lipinski definition) is 3. The van der Waals surface area contributed by atoms with Crippen LogP contribution in [0, 0.1) is 0 Å². The summed E-state index contributed by atoms with van der Waals surface area (Å²) in [5.41, 5.74) is 5.14. The van der Waals surface area contributed by atoms with Crippen LogP contribution < -0.4 is 10.2 Å². The van der Waals surface area contributed by atoms with Gasteiger partial charge in [-0.1, -0.05) is 48.0 Å². The van der Waals surface area contributed by atoms with Gasteiger partial charge in [0.2, 0.25) is 0 Å². The van der Waals surface area contributed by atoms with Crippen molar-refractivity contribution in [2.75, 3.05) is 6.61 Å². The lowest BCUT2D eigenvalue weighted by Gasteiger charge is -2.16. The molecule has 0 saturated carbocycles. The maximum absolute atomic E-state index is 11.8. The van der Waals surface area contributed by atoms with E-state index in [0.717, 1.165) is 22.4 Å². The SMILES string of the molecule is O=C(/C=C/C1=Cc2cc(Cl)ccc2OC1)NOCc1ccccc1. The Morgan fingerprint density at radius 1 is 1.25 bits per heavy atom. The quantitative estimate of drug-likeness (QED) is 0.662. The van der Waals surface area contributed by atoms with E-state index < -0.39 is 0 Å². The molecule has 0 bridgehead atoms. The lowest BCUT2D eigenvalue weighted by Crippen LogP contribution is -2.21. The number of ether oxygens (including phenoxy) is 1. The number of carbonyl (C=O) groups is 1. The number of fused-ring (bicyclic) bond motifs is 1. The Hall–Kier alpha value is -2.56. The van der Waals surface area contributed by atoms with E-state index in [0.29, 0.717) is 18.2 Å². The van der Waals surface area contributed by atoms with E-state index in [1.807, 2.05) is 48.5 Å². The molecule has 2 aromatic carbocycles. The summed E-state index contributed by atoms with van der Waals surface area (Å²) in [7, 11) is 0. The summed E-state index contributed by atoms with van der Waals surface area (Å²) in [6.07, 6.45) is 5.06. The van der Waals surface area contributed by atoms with Gasteiger partial charge in [-0.2, -0.15) is 0 Å². The van der Waals surface area contributed by atoms with Gasteiger partial charge < -0.3 is 4.74 Å². The zero-order chi connectivity index (χ0) is 16.8. The van der Waals surface area contributed by atoms with Gasteiger partial charge in [-0.05, 0) is 35.4 Å². The highest BCUT2D eigenvalue weighted by atomic mass is 35.5. The molecule has 0 aromatic heterocycles. The fourth-order valence-electron chi connectivity index (χ4n) is 2.24. The minimum atomic E-state index is -0.330. The van der Waals surface area contributed by atoms with Crippen LogP contribution in [-0.2, 0) is 16.2 Å². The standard InChI is InChI=1S/C19H16ClNO3/c20-17-7-8-18-16(11-17)10-15(12-23-18)6-9-19(22)21-24-13-14-4-2-1-3-5-14/h1-11H,12-13H2,(H,21,22)/b9-6+. The van der Waals surface area contributed by atoms with Crippen LogP contribution >= 0.6 is 11.6 Å². The molecule has 1 heterocycles. The Labute approximate surface area is 145 Å². The molecule has 5 heteroatoms. The van der Waals surface area contributed by atoms with Crippen LogP contribution in [-0.4, -0.2) is 12.5 Å². The van der Waals surface area contributed by atoms with Crippen molar-refractivity contribution < 1.29 is 14.4 Å². The molecular formula is C19H16ClNO3. The highest BCUT2D eigenvalue weighted by Gasteiger charge is 2.10. The molecule has 4 nitrogen and oxygen atoms in total. The second-order valence-corrected chi connectivity index (χ2v) is 5.70. The average molecular weight is 342 g/mol. The summed E-state index contributed by atoms with van der Waals surface area (Å²) in [4.78, 5) is 16.9. The first-order chi connectivity index (χ1) is 11.7. The van der Waals surface area contributed by atoms with Crippen molar-refractivity contribution in [3.05, 3.63) is 82.4 Å². The number of nitrogens with one attached hydrogen (secondary N) is 1. The number of carbonyl (C=O) groups excluding carboxylic acids is 1. The molecule has 1 aliphatic heterocycles. The van der Waals surface area contributed by atoms with Gasteiger partial charge in [0.15, 0.2) is 0 Å². The fraction of sp³-hybridized carbons (Fsp3) is 0.105. The smallest absolute Gasteiger partial charge is 0.267 e. The van der Waals surface area contributed by atoms with E-state index in [9.17, 15) is 4.79 Å².